The van der Waals surface area contributed by atoms with Crippen LogP contribution in [0, 0.1) is 6.92 Å². The first-order valence-corrected chi connectivity index (χ1v) is 9.21. The van der Waals surface area contributed by atoms with Gasteiger partial charge in [-0.1, -0.05) is 0 Å². The van der Waals surface area contributed by atoms with Gasteiger partial charge in [0.25, 0.3) is 5.91 Å². The van der Waals surface area contributed by atoms with Crippen LogP contribution in [0.2, 0.25) is 0 Å². The molecule has 2 aliphatic rings. The van der Waals surface area contributed by atoms with Crippen LogP contribution in [0.5, 0.6) is 0 Å². The minimum absolute atomic E-state index is 0.0716. The first-order valence-electron chi connectivity index (χ1n) is 9.21. The van der Waals surface area contributed by atoms with E-state index in [0.717, 1.165) is 56.2 Å². The molecule has 7 heteroatoms. The number of hydrogen-bond acceptors (Lipinski definition) is 6. The molecule has 4 heterocycles. The molecule has 0 aromatic carbocycles. The molecule has 0 aliphatic carbocycles. The minimum Gasteiger partial charge on any atom is -0.459 e. The van der Waals surface area contributed by atoms with Gasteiger partial charge in [0.15, 0.2) is 5.76 Å². The number of rotatable bonds is 4. The van der Waals surface area contributed by atoms with Gasteiger partial charge in [0.1, 0.15) is 0 Å². The highest BCUT2D eigenvalue weighted by atomic mass is 16.5. The van der Waals surface area contributed by atoms with Crippen LogP contribution in [0.4, 0.5) is 5.95 Å². The summed E-state index contributed by atoms with van der Waals surface area (Å²) in [6, 6.07) is 3.88. The van der Waals surface area contributed by atoms with Crippen LogP contribution in [-0.4, -0.2) is 48.2 Å². The van der Waals surface area contributed by atoms with E-state index in [-0.39, 0.29) is 11.9 Å². The van der Waals surface area contributed by atoms with Gasteiger partial charge in [0.2, 0.25) is 5.95 Å². The third kappa shape index (κ3) is 3.58. The number of nitrogens with one attached hydrogen (secondary N) is 1. The maximum absolute atomic E-state index is 12.3. The van der Waals surface area contributed by atoms with E-state index in [1.165, 1.54) is 0 Å². The Morgan fingerprint density at radius 3 is 2.88 bits per heavy atom. The number of aromatic nitrogens is 2. The van der Waals surface area contributed by atoms with Crippen LogP contribution < -0.4 is 10.2 Å². The molecule has 0 radical (unpaired) electrons. The lowest BCUT2D eigenvalue weighted by Crippen LogP contribution is -2.37. The van der Waals surface area contributed by atoms with E-state index in [4.69, 9.17) is 14.1 Å². The van der Waals surface area contributed by atoms with Gasteiger partial charge in [0, 0.05) is 55.7 Å². The number of amides is 1. The standard InChI is InChI=1S/C19H24N4O3/c1-13-4-11-26-17(13)18(24)21-15-3-8-23(12-15)19-20-7-2-16(22-19)14-5-9-25-10-6-14/h2,4,7,11,14-15H,3,5-6,8-10,12H2,1H3,(H,21,24). The van der Waals surface area contributed by atoms with Gasteiger partial charge in [0.05, 0.1) is 6.26 Å². The second-order valence-corrected chi connectivity index (χ2v) is 7.01. The summed E-state index contributed by atoms with van der Waals surface area (Å²) in [6.45, 7) is 5.01. The number of carbonyl (C=O) groups is 1. The Hall–Kier alpha value is -2.41. The zero-order chi connectivity index (χ0) is 17.9. The molecule has 0 saturated carbocycles. The highest BCUT2D eigenvalue weighted by Gasteiger charge is 2.28. The van der Waals surface area contributed by atoms with Crippen molar-refractivity contribution in [3.63, 3.8) is 0 Å². The van der Waals surface area contributed by atoms with E-state index >= 15 is 0 Å². The lowest BCUT2D eigenvalue weighted by Gasteiger charge is -2.23. The van der Waals surface area contributed by atoms with Crippen LogP contribution in [0.15, 0.2) is 29.0 Å². The Bertz CT molecular complexity index is 770. The van der Waals surface area contributed by atoms with Crippen molar-refractivity contribution in [3.8, 4) is 0 Å². The molecule has 1 atom stereocenters. The average molecular weight is 356 g/mol. The molecule has 7 nitrogen and oxygen atoms in total. The van der Waals surface area contributed by atoms with Crippen molar-refractivity contribution in [2.45, 2.75) is 38.1 Å². The van der Waals surface area contributed by atoms with Gasteiger partial charge < -0.3 is 19.4 Å². The van der Waals surface area contributed by atoms with E-state index in [1.54, 1.807) is 12.3 Å². The lowest BCUT2D eigenvalue weighted by molar-refractivity contribution is 0.0845. The molecule has 138 valence electrons. The molecule has 2 saturated heterocycles. The third-order valence-electron chi connectivity index (χ3n) is 5.18. The molecule has 0 bridgehead atoms. The van der Waals surface area contributed by atoms with Crippen molar-refractivity contribution < 1.29 is 13.9 Å². The topological polar surface area (TPSA) is 80.5 Å². The summed E-state index contributed by atoms with van der Waals surface area (Å²) in [5.74, 6) is 1.43. The molecular formula is C19H24N4O3. The van der Waals surface area contributed by atoms with Crippen molar-refractivity contribution >= 4 is 11.9 Å². The number of ether oxygens (including phenoxy) is 1. The van der Waals surface area contributed by atoms with E-state index in [0.29, 0.717) is 18.2 Å². The largest absolute Gasteiger partial charge is 0.459 e. The van der Waals surface area contributed by atoms with Crippen LogP contribution in [0.3, 0.4) is 0 Å². The minimum atomic E-state index is -0.156. The Morgan fingerprint density at radius 1 is 1.27 bits per heavy atom. The molecule has 2 fully saturated rings. The summed E-state index contributed by atoms with van der Waals surface area (Å²) < 4.78 is 10.7. The average Bonchev–Trinajstić information content (AvgIpc) is 3.31. The second kappa shape index (κ2) is 7.45. The predicted molar refractivity (Wildman–Crippen MR) is 96.4 cm³/mol. The van der Waals surface area contributed by atoms with Gasteiger partial charge in [-0.25, -0.2) is 9.97 Å². The fourth-order valence-electron chi connectivity index (χ4n) is 3.65. The van der Waals surface area contributed by atoms with Gasteiger partial charge in [-0.05, 0) is 38.3 Å². The van der Waals surface area contributed by atoms with E-state index in [2.05, 4.69) is 15.2 Å². The molecule has 1 unspecified atom stereocenters. The summed E-state index contributed by atoms with van der Waals surface area (Å²) in [6.07, 6.45) is 6.28. The molecule has 1 amide bonds. The van der Waals surface area contributed by atoms with Gasteiger partial charge in [-0.2, -0.15) is 0 Å². The summed E-state index contributed by atoms with van der Waals surface area (Å²) in [5.41, 5.74) is 1.95. The van der Waals surface area contributed by atoms with Crippen LogP contribution in [0.25, 0.3) is 0 Å². The van der Waals surface area contributed by atoms with Gasteiger partial charge in [-0.15, -0.1) is 0 Å². The molecule has 4 rings (SSSR count). The fraction of sp³-hybridized carbons (Fsp3) is 0.526. The Balaban J connectivity index is 1.39. The molecule has 1 N–H and O–H groups in total. The van der Waals surface area contributed by atoms with Crippen LogP contribution in [-0.2, 0) is 4.74 Å². The smallest absolute Gasteiger partial charge is 0.287 e. The van der Waals surface area contributed by atoms with Crippen molar-refractivity contribution in [1.82, 2.24) is 15.3 Å². The summed E-state index contributed by atoms with van der Waals surface area (Å²) in [4.78, 5) is 23.7. The number of carbonyl (C=O) groups excluding carboxylic acids is 1. The van der Waals surface area contributed by atoms with Crippen molar-refractivity contribution in [3.05, 3.63) is 41.6 Å². The maximum atomic E-state index is 12.3. The molecular weight excluding hydrogens is 332 g/mol. The van der Waals surface area contributed by atoms with E-state index in [1.807, 2.05) is 19.2 Å². The summed E-state index contributed by atoms with van der Waals surface area (Å²) in [5, 5.41) is 3.05. The SMILES string of the molecule is Cc1ccoc1C(=O)NC1CCN(c2nccc(C3CCOCC3)n2)C1. The molecule has 2 aromatic heterocycles. The third-order valence-corrected chi connectivity index (χ3v) is 5.18. The normalized spacial score (nSPS) is 21.1. The quantitative estimate of drug-likeness (QED) is 0.905. The lowest BCUT2D eigenvalue weighted by atomic mass is 9.96. The highest BCUT2D eigenvalue weighted by molar-refractivity contribution is 5.93. The van der Waals surface area contributed by atoms with E-state index < -0.39 is 0 Å². The molecule has 0 spiro atoms. The summed E-state index contributed by atoms with van der Waals surface area (Å²) >= 11 is 0. The number of aryl methyl sites for hydroxylation is 1. The van der Waals surface area contributed by atoms with Gasteiger partial charge >= 0.3 is 0 Å². The second-order valence-electron chi connectivity index (χ2n) is 7.01. The Morgan fingerprint density at radius 2 is 2.12 bits per heavy atom. The maximum Gasteiger partial charge on any atom is 0.287 e. The number of anilines is 1. The number of nitrogens with zero attached hydrogens (tertiary/aromatic N) is 3. The van der Waals surface area contributed by atoms with Crippen molar-refractivity contribution in [2.24, 2.45) is 0 Å². The molecule has 26 heavy (non-hydrogen) atoms. The van der Waals surface area contributed by atoms with Crippen molar-refractivity contribution in [2.75, 3.05) is 31.2 Å². The molecule has 2 aromatic rings. The zero-order valence-electron chi connectivity index (χ0n) is 15.0. The highest BCUT2D eigenvalue weighted by Crippen LogP contribution is 2.27. The van der Waals surface area contributed by atoms with Crippen LogP contribution in [0.1, 0.15) is 47.0 Å². The zero-order valence-corrected chi connectivity index (χ0v) is 15.0. The van der Waals surface area contributed by atoms with E-state index in [9.17, 15) is 4.79 Å². The predicted octanol–water partition coefficient (Wildman–Crippen LogP) is 2.28. The molecule has 2 aliphatic heterocycles. The summed E-state index contributed by atoms with van der Waals surface area (Å²) in [7, 11) is 0. The Labute approximate surface area is 152 Å². The Kier molecular flexibility index (Phi) is 4.88. The first-order chi connectivity index (χ1) is 12.7. The monoisotopic (exact) mass is 356 g/mol. The first kappa shape index (κ1) is 17.0. The number of furan rings is 1. The number of hydrogen-bond donors (Lipinski definition) is 1. The van der Waals surface area contributed by atoms with Crippen LogP contribution >= 0.6 is 0 Å². The van der Waals surface area contributed by atoms with Gasteiger partial charge in [-0.3, -0.25) is 4.79 Å². The van der Waals surface area contributed by atoms with Crippen molar-refractivity contribution in [1.29, 1.82) is 0 Å². The fourth-order valence-corrected chi connectivity index (χ4v) is 3.65.